The largest absolute Gasteiger partial charge is 0.352 e. The lowest BCUT2D eigenvalue weighted by molar-refractivity contribution is 0.722. The summed E-state index contributed by atoms with van der Waals surface area (Å²) in [4.78, 5) is 7.25. The normalized spacial score (nSPS) is 14.2. The van der Waals surface area contributed by atoms with E-state index in [0.717, 1.165) is 30.8 Å². The van der Waals surface area contributed by atoms with Crippen LogP contribution in [-0.2, 0) is 13.0 Å². The molecule has 0 N–H and O–H groups in total. The molecule has 0 spiro atoms. The topological polar surface area (TPSA) is 16.1 Å². The fourth-order valence-corrected chi connectivity index (χ4v) is 3.18. The van der Waals surface area contributed by atoms with Gasteiger partial charge >= 0.3 is 0 Å². The zero-order valence-electron chi connectivity index (χ0n) is 12.2. The molecule has 0 aliphatic carbocycles. The maximum atomic E-state index is 4.86. The van der Waals surface area contributed by atoms with Gasteiger partial charge in [-0.25, -0.2) is 4.98 Å². The lowest BCUT2D eigenvalue weighted by atomic mass is 10.00. The van der Waals surface area contributed by atoms with Gasteiger partial charge in [0.15, 0.2) is 0 Å². The van der Waals surface area contributed by atoms with Gasteiger partial charge in [-0.15, -0.1) is 0 Å². The number of para-hydroxylation sites is 1. The van der Waals surface area contributed by atoms with Gasteiger partial charge in [-0.2, -0.15) is 0 Å². The Hall–Kier alpha value is -2.35. The molecule has 1 aliphatic heterocycles. The van der Waals surface area contributed by atoms with Gasteiger partial charge < -0.3 is 4.90 Å². The highest BCUT2D eigenvalue weighted by Crippen LogP contribution is 2.26. The average molecular weight is 274 g/mol. The zero-order valence-corrected chi connectivity index (χ0v) is 12.2. The monoisotopic (exact) mass is 274 g/mol. The van der Waals surface area contributed by atoms with Crippen molar-refractivity contribution >= 4 is 16.7 Å². The van der Waals surface area contributed by atoms with Crippen molar-refractivity contribution in [3.63, 3.8) is 0 Å². The molecule has 1 aromatic heterocycles. The Morgan fingerprint density at radius 1 is 0.952 bits per heavy atom. The predicted octanol–water partition coefficient (Wildman–Crippen LogP) is 4.11. The number of nitrogens with zero attached hydrogens (tertiary/aromatic N) is 2. The van der Waals surface area contributed by atoms with E-state index >= 15 is 0 Å². The second kappa shape index (κ2) is 4.88. The zero-order chi connectivity index (χ0) is 14.2. The minimum Gasteiger partial charge on any atom is -0.352 e. The van der Waals surface area contributed by atoms with Crippen LogP contribution in [0, 0.1) is 6.92 Å². The number of rotatable bonds is 1. The molecular weight excluding hydrogens is 256 g/mol. The molecule has 0 fully saturated rings. The summed E-state index contributed by atoms with van der Waals surface area (Å²) >= 11 is 0. The summed E-state index contributed by atoms with van der Waals surface area (Å²) in [5, 5.41) is 1.25. The summed E-state index contributed by atoms with van der Waals surface area (Å²) < 4.78 is 0. The lowest BCUT2D eigenvalue weighted by Crippen LogP contribution is -2.31. The van der Waals surface area contributed by atoms with Crippen LogP contribution in [-0.4, -0.2) is 11.5 Å². The summed E-state index contributed by atoms with van der Waals surface area (Å²) in [6.07, 6.45) is 1.10. The number of hydrogen-bond donors (Lipinski definition) is 0. The van der Waals surface area contributed by atoms with E-state index in [4.69, 9.17) is 4.98 Å². The highest BCUT2D eigenvalue weighted by Gasteiger charge is 2.17. The minimum atomic E-state index is 0.959. The fourth-order valence-electron chi connectivity index (χ4n) is 3.18. The van der Waals surface area contributed by atoms with E-state index in [9.17, 15) is 0 Å². The maximum absolute atomic E-state index is 4.86. The summed E-state index contributed by atoms with van der Waals surface area (Å²) in [5.41, 5.74) is 5.29. The van der Waals surface area contributed by atoms with Crippen LogP contribution < -0.4 is 4.90 Å². The average Bonchev–Trinajstić information content (AvgIpc) is 2.54. The number of aromatic nitrogens is 1. The highest BCUT2D eigenvalue weighted by atomic mass is 15.2. The Morgan fingerprint density at radius 2 is 1.71 bits per heavy atom. The molecule has 0 atom stereocenters. The molecule has 0 saturated carbocycles. The third kappa shape index (κ3) is 2.17. The summed E-state index contributed by atoms with van der Waals surface area (Å²) in [7, 11) is 0. The molecule has 0 saturated heterocycles. The molecule has 2 nitrogen and oxygen atoms in total. The van der Waals surface area contributed by atoms with E-state index in [0.29, 0.717) is 0 Å². The van der Waals surface area contributed by atoms with Gasteiger partial charge in [0.05, 0.1) is 5.52 Å². The van der Waals surface area contributed by atoms with Crippen LogP contribution in [0.4, 0.5) is 5.82 Å². The van der Waals surface area contributed by atoms with Gasteiger partial charge in [-0.1, -0.05) is 42.5 Å². The van der Waals surface area contributed by atoms with Gasteiger partial charge in [0, 0.05) is 18.5 Å². The van der Waals surface area contributed by atoms with E-state index in [1.165, 1.54) is 22.1 Å². The minimum absolute atomic E-state index is 0.959. The maximum Gasteiger partial charge on any atom is 0.129 e. The SMILES string of the molecule is Cc1cc(N2CCc3ccccc3C2)nc2ccccc12. The van der Waals surface area contributed by atoms with Crippen LogP contribution in [0.2, 0.25) is 0 Å². The van der Waals surface area contributed by atoms with Crippen LogP contribution in [0.3, 0.4) is 0 Å². The second-order valence-electron chi connectivity index (χ2n) is 5.75. The van der Waals surface area contributed by atoms with Crippen LogP contribution in [0.5, 0.6) is 0 Å². The van der Waals surface area contributed by atoms with Gasteiger partial charge in [-0.05, 0) is 42.2 Å². The molecule has 1 aliphatic rings. The molecule has 2 heterocycles. The predicted molar refractivity (Wildman–Crippen MR) is 87.7 cm³/mol. The number of pyridine rings is 1. The first kappa shape index (κ1) is 12.4. The number of aryl methyl sites for hydroxylation is 1. The second-order valence-corrected chi connectivity index (χ2v) is 5.75. The van der Waals surface area contributed by atoms with E-state index in [-0.39, 0.29) is 0 Å². The van der Waals surface area contributed by atoms with E-state index in [2.05, 4.69) is 66.4 Å². The lowest BCUT2D eigenvalue weighted by Gasteiger charge is -2.30. The van der Waals surface area contributed by atoms with Crippen LogP contribution in [0.1, 0.15) is 16.7 Å². The standard InChI is InChI=1S/C19H18N2/c1-14-12-19(20-18-9-5-4-8-17(14)18)21-11-10-15-6-2-3-7-16(15)13-21/h2-9,12H,10-11,13H2,1H3. The highest BCUT2D eigenvalue weighted by molar-refractivity contribution is 5.83. The molecule has 4 rings (SSSR count). The third-order valence-electron chi connectivity index (χ3n) is 4.36. The van der Waals surface area contributed by atoms with Gasteiger partial charge in [0.2, 0.25) is 0 Å². The van der Waals surface area contributed by atoms with Crippen molar-refractivity contribution in [1.82, 2.24) is 4.98 Å². The van der Waals surface area contributed by atoms with Crippen molar-refractivity contribution in [2.45, 2.75) is 19.9 Å². The molecular formula is C19H18N2. The van der Waals surface area contributed by atoms with Crippen molar-refractivity contribution in [2.24, 2.45) is 0 Å². The Labute approximate surface area is 125 Å². The van der Waals surface area contributed by atoms with Gasteiger partial charge in [0.1, 0.15) is 5.82 Å². The van der Waals surface area contributed by atoms with E-state index < -0.39 is 0 Å². The Kier molecular flexibility index (Phi) is 2.88. The molecule has 0 bridgehead atoms. The quantitative estimate of drug-likeness (QED) is 0.664. The van der Waals surface area contributed by atoms with Crippen molar-refractivity contribution in [1.29, 1.82) is 0 Å². The van der Waals surface area contributed by atoms with Gasteiger partial charge in [0.25, 0.3) is 0 Å². The molecule has 104 valence electrons. The first-order valence-corrected chi connectivity index (χ1v) is 7.49. The van der Waals surface area contributed by atoms with Crippen molar-refractivity contribution in [3.05, 3.63) is 71.3 Å². The molecule has 0 amide bonds. The molecule has 0 radical (unpaired) electrons. The smallest absolute Gasteiger partial charge is 0.129 e. The van der Waals surface area contributed by atoms with Crippen molar-refractivity contribution in [2.75, 3.05) is 11.4 Å². The molecule has 3 aromatic rings. The summed E-state index contributed by atoms with van der Waals surface area (Å²) in [6, 6.07) is 19.3. The van der Waals surface area contributed by atoms with E-state index in [1.54, 1.807) is 0 Å². The molecule has 2 aromatic carbocycles. The summed E-state index contributed by atoms with van der Waals surface area (Å²) in [5.74, 6) is 1.10. The van der Waals surface area contributed by atoms with Crippen molar-refractivity contribution < 1.29 is 0 Å². The third-order valence-corrected chi connectivity index (χ3v) is 4.36. The van der Waals surface area contributed by atoms with E-state index in [1.807, 2.05) is 0 Å². The number of benzene rings is 2. The summed E-state index contributed by atoms with van der Waals surface area (Å²) in [6.45, 7) is 4.17. The Balaban J connectivity index is 1.75. The number of hydrogen-bond acceptors (Lipinski definition) is 2. The van der Waals surface area contributed by atoms with Crippen LogP contribution in [0.25, 0.3) is 10.9 Å². The fraction of sp³-hybridized carbons (Fsp3) is 0.211. The van der Waals surface area contributed by atoms with Gasteiger partial charge in [-0.3, -0.25) is 0 Å². The first-order valence-electron chi connectivity index (χ1n) is 7.49. The first-order chi connectivity index (χ1) is 10.3. The number of fused-ring (bicyclic) bond motifs is 2. The van der Waals surface area contributed by atoms with Crippen LogP contribution in [0.15, 0.2) is 54.6 Å². The Morgan fingerprint density at radius 3 is 2.62 bits per heavy atom. The molecule has 21 heavy (non-hydrogen) atoms. The number of anilines is 1. The Bertz CT molecular complexity index is 808. The molecule has 2 heteroatoms. The van der Waals surface area contributed by atoms with Crippen LogP contribution >= 0.6 is 0 Å². The van der Waals surface area contributed by atoms with Crippen molar-refractivity contribution in [3.8, 4) is 0 Å². The molecule has 0 unspecified atom stereocenters.